The fraction of sp³-hybridized carbons (Fsp3) is 0.143. The second-order valence-electron chi connectivity index (χ2n) is 4.46. The summed E-state index contributed by atoms with van der Waals surface area (Å²) in [7, 11) is 2.07. The number of anilines is 1. The Hall–Kier alpha value is -1.90. The third kappa shape index (κ3) is 1.68. The predicted molar refractivity (Wildman–Crippen MR) is 72.0 cm³/mol. The van der Waals surface area contributed by atoms with Crippen molar-refractivity contribution in [1.82, 2.24) is 0 Å². The zero-order valence-corrected chi connectivity index (χ0v) is 10.1. The van der Waals surface area contributed by atoms with Crippen LogP contribution in [-0.4, -0.2) is 14.1 Å². The minimum Gasteiger partial charge on any atom is -0.536 e. The Balaban J connectivity index is 1.99. The normalized spacial score (nSPS) is 13.5. The third-order valence-corrected chi connectivity index (χ3v) is 3.17. The highest BCUT2D eigenvalue weighted by Crippen LogP contribution is 2.34. The second kappa shape index (κ2) is 3.84. The summed E-state index contributed by atoms with van der Waals surface area (Å²) in [6, 6.07) is 16.6. The van der Waals surface area contributed by atoms with Gasteiger partial charge in [-0.05, 0) is 37.1 Å². The topological polar surface area (TPSA) is 12.5 Å². The summed E-state index contributed by atoms with van der Waals surface area (Å²) >= 11 is 0. The van der Waals surface area contributed by atoms with E-state index in [0.29, 0.717) is 0 Å². The van der Waals surface area contributed by atoms with E-state index in [2.05, 4.69) is 43.0 Å². The van der Waals surface area contributed by atoms with Gasteiger partial charge in [0, 0.05) is 0 Å². The fourth-order valence-corrected chi connectivity index (χ4v) is 2.24. The van der Waals surface area contributed by atoms with E-state index in [1.165, 1.54) is 16.7 Å². The molecule has 3 rings (SSSR count). The summed E-state index contributed by atoms with van der Waals surface area (Å²) in [5.74, 6) is 0.965. The van der Waals surface area contributed by atoms with E-state index in [-0.39, 0.29) is 7.05 Å². The number of hydrogen-bond donors (Lipinski definition) is 0. The van der Waals surface area contributed by atoms with Crippen LogP contribution in [-0.2, 0) is 0 Å². The van der Waals surface area contributed by atoms with Gasteiger partial charge < -0.3 is 9.47 Å². The first-order valence-corrected chi connectivity index (χ1v) is 5.81. The fourth-order valence-electron chi connectivity index (χ4n) is 2.24. The molecule has 0 unspecified atom stereocenters. The van der Waals surface area contributed by atoms with Crippen LogP contribution < -0.4 is 14.9 Å². The lowest BCUT2D eigenvalue weighted by atomic mass is 9.72. The molecule has 0 bridgehead atoms. The number of benzene rings is 2. The Labute approximate surface area is 102 Å². The van der Waals surface area contributed by atoms with Gasteiger partial charge in [0.25, 0.3) is 0 Å². The minimum absolute atomic E-state index is 0.00648. The van der Waals surface area contributed by atoms with Gasteiger partial charge in [-0.1, -0.05) is 36.4 Å². The van der Waals surface area contributed by atoms with Gasteiger partial charge >= 0.3 is 7.05 Å². The first-order chi connectivity index (χ1) is 8.25. The molecule has 3 heteroatoms. The monoisotopic (exact) mass is 223 g/mol. The maximum absolute atomic E-state index is 5.99. The van der Waals surface area contributed by atoms with Crippen LogP contribution in [0.25, 0.3) is 0 Å². The number of nitrogens with zero attached hydrogens (tertiary/aromatic N) is 1. The van der Waals surface area contributed by atoms with Crippen molar-refractivity contribution >= 4 is 18.2 Å². The molecular formula is C14H14BNO. The van der Waals surface area contributed by atoms with Crippen LogP contribution in [0.3, 0.4) is 0 Å². The van der Waals surface area contributed by atoms with Crippen molar-refractivity contribution < 1.29 is 4.65 Å². The number of aryl methyl sites for hydroxylation is 1. The van der Waals surface area contributed by atoms with Gasteiger partial charge in [0.15, 0.2) is 0 Å². The van der Waals surface area contributed by atoms with Crippen molar-refractivity contribution in [3.8, 4) is 5.75 Å². The van der Waals surface area contributed by atoms with Crippen molar-refractivity contribution in [2.75, 3.05) is 11.9 Å². The molecule has 0 amide bonds. The molecule has 2 aromatic carbocycles. The molecule has 0 fully saturated rings. The Morgan fingerprint density at radius 3 is 2.59 bits per heavy atom. The number of hydrogen-bond acceptors (Lipinski definition) is 2. The standard InChI is InChI=1S/C14H14BNO/c1-11-8-9-14-13(10-11)16(2)15(17-14)12-6-4-3-5-7-12/h3-10H,1-2H3. The van der Waals surface area contributed by atoms with Gasteiger partial charge in [-0.2, -0.15) is 0 Å². The Bertz CT molecular complexity index is 541. The van der Waals surface area contributed by atoms with Gasteiger partial charge in [0.1, 0.15) is 5.75 Å². The van der Waals surface area contributed by atoms with Gasteiger partial charge in [0.05, 0.1) is 5.69 Å². The van der Waals surface area contributed by atoms with Crippen molar-refractivity contribution in [2.45, 2.75) is 6.92 Å². The summed E-state index contributed by atoms with van der Waals surface area (Å²) in [5.41, 5.74) is 3.61. The molecule has 0 aliphatic carbocycles. The quantitative estimate of drug-likeness (QED) is 0.687. The predicted octanol–water partition coefficient (Wildman–Crippen LogP) is 2.22. The van der Waals surface area contributed by atoms with E-state index >= 15 is 0 Å². The zero-order valence-electron chi connectivity index (χ0n) is 10.1. The molecule has 1 aliphatic rings. The first kappa shape index (κ1) is 10.3. The summed E-state index contributed by atoms with van der Waals surface area (Å²) in [5, 5.41) is 0. The lowest BCUT2D eigenvalue weighted by Gasteiger charge is -2.16. The molecule has 2 nitrogen and oxygen atoms in total. The van der Waals surface area contributed by atoms with Crippen LogP contribution in [0.5, 0.6) is 5.75 Å². The van der Waals surface area contributed by atoms with Crippen LogP contribution in [0.15, 0.2) is 48.5 Å². The Morgan fingerprint density at radius 2 is 1.82 bits per heavy atom. The van der Waals surface area contributed by atoms with Crippen molar-refractivity contribution in [2.24, 2.45) is 0 Å². The van der Waals surface area contributed by atoms with Gasteiger partial charge in [-0.25, -0.2) is 0 Å². The molecule has 0 radical (unpaired) electrons. The zero-order chi connectivity index (χ0) is 11.8. The van der Waals surface area contributed by atoms with Crippen LogP contribution in [0.4, 0.5) is 5.69 Å². The average Bonchev–Trinajstić information content (AvgIpc) is 2.68. The molecule has 1 heterocycles. The van der Waals surface area contributed by atoms with Crippen molar-refractivity contribution in [3.05, 3.63) is 54.1 Å². The molecule has 1 aliphatic heterocycles. The van der Waals surface area contributed by atoms with Gasteiger partial charge in [-0.15, -0.1) is 0 Å². The van der Waals surface area contributed by atoms with Gasteiger partial charge in [-0.3, -0.25) is 0 Å². The maximum atomic E-state index is 5.99. The van der Waals surface area contributed by atoms with Crippen molar-refractivity contribution in [3.63, 3.8) is 0 Å². The van der Waals surface area contributed by atoms with E-state index in [1.807, 2.05) is 24.3 Å². The molecule has 0 atom stereocenters. The molecule has 2 aromatic rings. The van der Waals surface area contributed by atoms with Crippen LogP contribution >= 0.6 is 0 Å². The summed E-state index contributed by atoms with van der Waals surface area (Å²) in [6.45, 7) is 2.10. The Kier molecular flexibility index (Phi) is 2.32. The summed E-state index contributed by atoms with van der Waals surface area (Å²) in [6.07, 6.45) is 0. The van der Waals surface area contributed by atoms with Crippen LogP contribution in [0, 0.1) is 6.92 Å². The molecule has 0 saturated carbocycles. The molecule has 0 aromatic heterocycles. The molecular weight excluding hydrogens is 209 g/mol. The highest BCUT2D eigenvalue weighted by atomic mass is 16.5. The van der Waals surface area contributed by atoms with E-state index in [0.717, 1.165) is 5.75 Å². The Morgan fingerprint density at radius 1 is 1.06 bits per heavy atom. The molecule has 17 heavy (non-hydrogen) atoms. The average molecular weight is 223 g/mol. The highest BCUT2D eigenvalue weighted by molar-refractivity contribution is 6.73. The maximum Gasteiger partial charge on any atom is 0.519 e. The van der Waals surface area contributed by atoms with Crippen LogP contribution in [0.2, 0.25) is 0 Å². The lowest BCUT2D eigenvalue weighted by molar-refractivity contribution is 0.602. The van der Waals surface area contributed by atoms with Crippen molar-refractivity contribution in [1.29, 1.82) is 0 Å². The van der Waals surface area contributed by atoms with E-state index in [9.17, 15) is 0 Å². The van der Waals surface area contributed by atoms with E-state index < -0.39 is 0 Å². The minimum atomic E-state index is -0.00648. The highest BCUT2D eigenvalue weighted by Gasteiger charge is 2.35. The molecule has 0 spiro atoms. The molecule has 84 valence electrons. The second-order valence-corrected chi connectivity index (χ2v) is 4.46. The first-order valence-electron chi connectivity index (χ1n) is 5.81. The lowest BCUT2D eigenvalue weighted by Crippen LogP contribution is -2.47. The summed E-state index contributed by atoms with van der Waals surface area (Å²) in [4.78, 5) is 2.18. The third-order valence-electron chi connectivity index (χ3n) is 3.17. The van der Waals surface area contributed by atoms with Crippen LogP contribution in [0.1, 0.15) is 5.56 Å². The van der Waals surface area contributed by atoms with Gasteiger partial charge in [0.2, 0.25) is 0 Å². The summed E-state index contributed by atoms with van der Waals surface area (Å²) < 4.78 is 5.99. The van der Waals surface area contributed by atoms with E-state index in [4.69, 9.17) is 4.65 Å². The smallest absolute Gasteiger partial charge is 0.519 e. The molecule has 0 saturated heterocycles. The number of fused-ring (bicyclic) bond motifs is 1. The SMILES string of the molecule is Cc1ccc2c(c1)N(C)B(c1ccccc1)O2. The van der Waals surface area contributed by atoms with E-state index in [1.54, 1.807) is 0 Å². The largest absolute Gasteiger partial charge is 0.536 e. The number of rotatable bonds is 1. The molecule has 0 N–H and O–H groups in total.